The molecule has 1 saturated heterocycles. The monoisotopic (exact) mass is 378 g/mol. The normalized spacial score (nSPS) is 20.1. The number of hydrogen-bond donors (Lipinski definition) is 3. The molecule has 146 valence electrons. The van der Waals surface area contributed by atoms with Crippen LogP contribution < -0.4 is 10.6 Å². The molecule has 3 rings (SSSR count). The van der Waals surface area contributed by atoms with Crippen LogP contribution in [0.3, 0.4) is 0 Å². The quantitative estimate of drug-likeness (QED) is 0.759. The van der Waals surface area contributed by atoms with Crippen molar-refractivity contribution in [1.29, 1.82) is 0 Å². The van der Waals surface area contributed by atoms with E-state index in [1.54, 1.807) is 10.9 Å². The summed E-state index contributed by atoms with van der Waals surface area (Å²) in [5, 5.41) is 20.1. The predicted molar refractivity (Wildman–Crippen MR) is 97.3 cm³/mol. The fraction of sp³-hybridized carbons (Fsp3) is 0.474. The third kappa shape index (κ3) is 4.17. The Kier molecular flexibility index (Phi) is 5.30. The number of hydrogen-bond acceptors (Lipinski definition) is 4. The Morgan fingerprint density at radius 1 is 1.37 bits per heavy atom. The van der Waals surface area contributed by atoms with E-state index in [1.165, 1.54) is 6.07 Å². The van der Waals surface area contributed by atoms with E-state index in [1.807, 2.05) is 20.8 Å². The Morgan fingerprint density at radius 3 is 2.70 bits per heavy atom. The van der Waals surface area contributed by atoms with Gasteiger partial charge in [0.25, 0.3) is 5.91 Å². The second kappa shape index (κ2) is 7.36. The van der Waals surface area contributed by atoms with Gasteiger partial charge in [-0.3, -0.25) is 9.48 Å². The lowest BCUT2D eigenvalue weighted by molar-refractivity contribution is 0.0927. The molecule has 1 aromatic heterocycles. The number of aliphatic hydroxyl groups excluding tert-OH is 1. The van der Waals surface area contributed by atoms with E-state index in [0.29, 0.717) is 19.6 Å². The fourth-order valence-electron chi connectivity index (χ4n) is 3.01. The van der Waals surface area contributed by atoms with Crippen LogP contribution in [0.1, 0.15) is 31.1 Å². The van der Waals surface area contributed by atoms with E-state index >= 15 is 0 Å². The third-order valence-electron chi connectivity index (χ3n) is 4.66. The smallest absolute Gasteiger partial charge is 0.255 e. The van der Waals surface area contributed by atoms with Crippen LogP contribution in [0.4, 0.5) is 8.78 Å². The largest absolute Gasteiger partial charge is 0.391 e. The second-order valence-electron chi connectivity index (χ2n) is 7.83. The maximum absolute atomic E-state index is 14.3. The van der Waals surface area contributed by atoms with Gasteiger partial charge in [0, 0.05) is 43.4 Å². The molecule has 0 bridgehead atoms. The van der Waals surface area contributed by atoms with Gasteiger partial charge in [-0.15, -0.1) is 0 Å². The van der Waals surface area contributed by atoms with Crippen LogP contribution in [-0.4, -0.2) is 46.5 Å². The van der Waals surface area contributed by atoms with Crippen molar-refractivity contribution >= 4 is 5.91 Å². The van der Waals surface area contributed by atoms with Gasteiger partial charge in [-0.2, -0.15) is 5.10 Å². The van der Waals surface area contributed by atoms with Crippen LogP contribution in [0.5, 0.6) is 0 Å². The highest BCUT2D eigenvalue weighted by molar-refractivity contribution is 5.99. The highest BCUT2D eigenvalue weighted by Gasteiger charge is 2.28. The molecule has 2 atom stereocenters. The lowest BCUT2D eigenvalue weighted by Gasteiger charge is -2.18. The number of nitrogens with one attached hydrogen (secondary N) is 2. The van der Waals surface area contributed by atoms with Gasteiger partial charge >= 0.3 is 0 Å². The minimum atomic E-state index is -0.779. The second-order valence-corrected chi connectivity index (χ2v) is 7.83. The van der Waals surface area contributed by atoms with Crippen molar-refractivity contribution < 1.29 is 18.7 Å². The van der Waals surface area contributed by atoms with E-state index < -0.39 is 29.2 Å². The van der Waals surface area contributed by atoms with Gasteiger partial charge in [-0.25, -0.2) is 8.78 Å². The molecule has 1 aliphatic heterocycles. The first kappa shape index (κ1) is 19.4. The SMILES string of the molecule is CC(C)(C)n1cc(C(=O)NCC2CNCC2O)c(-c2ccc(F)cc2F)n1. The van der Waals surface area contributed by atoms with Crippen molar-refractivity contribution in [1.82, 2.24) is 20.4 Å². The lowest BCUT2D eigenvalue weighted by atomic mass is 10.0. The Bertz CT molecular complexity index is 845. The zero-order chi connectivity index (χ0) is 19.8. The summed E-state index contributed by atoms with van der Waals surface area (Å²) >= 11 is 0. The molecule has 27 heavy (non-hydrogen) atoms. The molecule has 1 amide bonds. The van der Waals surface area contributed by atoms with Gasteiger partial charge in [0.1, 0.15) is 17.3 Å². The first-order valence-corrected chi connectivity index (χ1v) is 8.89. The molecule has 8 heteroatoms. The molecule has 3 N–H and O–H groups in total. The van der Waals surface area contributed by atoms with Crippen molar-refractivity contribution in [2.75, 3.05) is 19.6 Å². The number of halogens is 2. The summed E-state index contributed by atoms with van der Waals surface area (Å²) in [7, 11) is 0. The highest BCUT2D eigenvalue weighted by atomic mass is 19.1. The molecule has 0 radical (unpaired) electrons. The van der Waals surface area contributed by atoms with Crippen LogP contribution >= 0.6 is 0 Å². The van der Waals surface area contributed by atoms with Gasteiger partial charge in [0.15, 0.2) is 0 Å². The van der Waals surface area contributed by atoms with Gasteiger partial charge < -0.3 is 15.7 Å². The number of amides is 1. The highest BCUT2D eigenvalue weighted by Crippen LogP contribution is 2.28. The van der Waals surface area contributed by atoms with Crippen LogP contribution in [0, 0.1) is 17.6 Å². The summed E-state index contributed by atoms with van der Waals surface area (Å²) in [5.74, 6) is -1.97. The van der Waals surface area contributed by atoms with Crippen molar-refractivity contribution in [3.8, 4) is 11.3 Å². The molecule has 0 saturated carbocycles. The molecule has 1 aromatic carbocycles. The molecule has 2 aromatic rings. The number of aliphatic hydroxyl groups is 1. The Labute approximate surface area is 156 Å². The fourth-order valence-corrected chi connectivity index (χ4v) is 3.01. The molecule has 0 spiro atoms. The molecule has 1 aliphatic rings. The maximum Gasteiger partial charge on any atom is 0.255 e. The van der Waals surface area contributed by atoms with E-state index in [0.717, 1.165) is 12.1 Å². The van der Waals surface area contributed by atoms with Crippen molar-refractivity contribution in [2.45, 2.75) is 32.4 Å². The lowest BCUT2D eigenvalue weighted by Crippen LogP contribution is -2.34. The Hall–Kier alpha value is -2.32. The minimum absolute atomic E-state index is 0.0621. The van der Waals surface area contributed by atoms with E-state index in [9.17, 15) is 18.7 Å². The number of rotatable bonds is 4. The third-order valence-corrected chi connectivity index (χ3v) is 4.66. The summed E-state index contributed by atoms with van der Waals surface area (Å²) in [6.07, 6.45) is 1.05. The zero-order valence-electron chi connectivity index (χ0n) is 15.6. The molecule has 0 aliphatic carbocycles. The molecule has 2 heterocycles. The molecule has 2 unspecified atom stereocenters. The minimum Gasteiger partial charge on any atom is -0.391 e. The first-order chi connectivity index (χ1) is 12.7. The summed E-state index contributed by atoms with van der Waals surface area (Å²) in [4.78, 5) is 12.8. The number of carbonyl (C=O) groups excluding carboxylic acids is 1. The van der Waals surface area contributed by atoms with E-state index in [4.69, 9.17) is 0 Å². The van der Waals surface area contributed by atoms with E-state index in [-0.39, 0.29) is 22.7 Å². The first-order valence-electron chi connectivity index (χ1n) is 8.89. The van der Waals surface area contributed by atoms with Gasteiger partial charge in [0.05, 0.1) is 17.2 Å². The number of carbonyl (C=O) groups is 1. The number of benzene rings is 1. The summed E-state index contributed by atoms with van der Waals surface area (Å²) in [6, 6.07) is 3.19. The van der Waals surface area contributed by atoms with Gasteiger partial charge in [-0.1, -0.05) is 0 Å². The summed E-state index contributed by atoms with van der Waals surface area (Å²) in [6.45, 7) is 7.13. The number of nitrogens with zero attached hydrogens (tertiary/aromatic N) is 2. The van der Waals surface area contributed by atoms with Crippen molar-refractivity contribution in [2.24, 2.45) is 5.92 Å². The number of aromatic nitrogens is 2. The average molecular weight is 378 g/mol. The van der Waals surface area contributed by atoms with Crippen LogP contribution in [0.25, 0.3) is 11.3 Å². The van der Waals surface area contributed by atoms with Gasteiger partial charge in [0.2, 0.25) is 0 Å². The van der Waals surface area contributed by atoms with Crippen LogP contribution in [0.2, 0.25) is 0 Å². The molecule has 6 nitrogen and oxygen atoms in total. The predicted octanol–water partition coefficient (Wildman–Crippen LogP) is 1.89. The molecular weight excluding hydrogens is 354 g/mol. The van der Waals surface area contributed by atoms with Crippen molar-refractivity contribution in [3.05, 3.63) is 41.6 Å². The molecule has 1 fully saturated rings. The molecular formula is C19H24F2N4O2. The maximum atomic E-state index is 14.3. The Balaban J connectivity index is 1.92. The van der Waals surface area contributed by atoms with Crippen molar-refractivity contribution in [3.63, 3.8) is 0 Å². The van der Waals surface area contributed by atoms with Crippen LogP contribution in [-0.2, 0) is 5.54 Å². The van der Waals surface area contributed by atoms with Crippen LogP contribution in [0.15, 0.2) is 24.4 Å². The topological polar surface area (TPSA) is 79.2 Å². The number of β-amino-alcohol motifs (C(OH)–C–C–N with tert-alkyl or cyclic N) is 1. The van der Waals surface area contributed by atoms with Gasteiger partial charge in [-0.05, 0) is 32.9 Å². The standard InChI is InChI=1S/C19H24F2N4O2/c1-19(2,3)25-10-14(18(27)23-8-11-7-22-9-16(11)26)17(24-25)13-5-4-12(20)6-15(13)21/h4-6,10-11,16,22,26H,7-9H2,1-3H3,(H,23,27). The zero-order valence-corrected chi connectivity index (χ0v) is 15.6. The Morgan fingerprint density at radius 2 is 2.11 bits per heavy atom. The summed E-state index contributed by atoms with van der Waals surface area (Å²) in [5.41, 5.74) is 0.00281. The summed E-state index contributed by atoms with van der Waals surface area (Å²) < 4.78 is 29.2. The average Bonchev–Trinajstić information content (AvgIpc) is 3.19. The van der Waals surface area contributed by atoms with E-state index in [2.05, 4.69) is 15.7 Å².